The first-order valence-corrected chi connectivity index (χ1v) is 22.2. The molecule has 3 atom stereocenters. The molecule has 314 valence electrons. The number of rotatable bonds is 34. The van der Waals surface area contributed by atoms with Gasteiger partial charge in [-0.05, 0) is 93.3 Å². The summed E-state index contributed by atoms with van der Waals surface area (Å²) in [6.07, 6.45) is 21.5. The molecule has 3 unspecified atom stereocenters. The van der Waals surface area contributed by atoms with Crippen molar-refractivity contribution in [3.8, 4) is 0 Å². The highest BCUT2D eigenvalue weighted by Gasteiger charge is 2.19. The summed E-state index contributed by atoms with van der Waals surface area (Å²) < 4.78 is 17.3. The quantitative estimate of drug-likeness (QED) is 0.0366. The van der Waals surface area contributed by atoms with Crippen LogP contribution < -0.4 is 0 Å². The average Bonchev–Trinajstić information content (AvgIpc) is 3.52. The van der Waals surface area contributed by atoms with Gasteiger partial charge >= 0.3 is 17.9 Å². The van der Waals surface area contributed by atoms with Gasteiger partial charge in [0.1, 0.15) is 6.10 Å². The first-order valence-electron chi connectivity index (χ1n) is 22.2. The molecule has 0 N–H and O–H groups in total. The average molecular weight is 761 g/mol. The molecular formula is C46H84N2O6. The van der Waals surface area contributed by atoms with Crippen molar-refractivity contribution in [2.75, 3.05) is 26.3 Å². The number of nitrogens with zero attached hydrogens (tertiary/aromatic N) is 2. The van der Waals surface area contributed by atoms with Crippen LogP contribution in [0.3, 0.4) is 0 Å². The number of carbonyl (C=O) groups excluding carboxylic acids is 3. The molecule has 1 rings (SSSR count). The smallest absolute Gasteiger partial charge is 0.306 e. The summed E-state index contributed by atoms with van der Waals surface area (Å²) in [6, 6.07) is 0. The largest absolute Gasteiger partial charge is 0.465 e. The highest BCUT2D eigenvalue weighted by molar-refractivity contribution is 5.70. The standard InChI is InChI=1S/C46H84N2O6/c1-36(2)22-20-23-41(38(5)6)33-52-44(49)26-18-14-10-12-16-24-43(54-46(51)28-21-31-48-32-40(9)47-35-48)25-17-13-11-15-19-27-45(50)53-34-42(39(7)8)30-29-37(3)4/h35-39,41-43H,9-34H2,1-8H3. The number of carbonyl (C=O) groups is 3. The van der Waals surface area contributed by atoms with E-state index in [2.05, 4.69) is 71.9 Å². The van der Waals surface area contributed by atoms with Crippen LogP contribution >= 0.6 is 0 Å². The zero-order chi connectivity index (χ0) is 40.1. The lowest BCUT2D eigenvalue weighted by atomic mass is 9.89. The molecule has 0 radical (unpaired) electrons. The Hall–Kier alpha value is -2.38. The lowest BCUT2D eigenvalue weighted by molar-refractivity contribution is -0.150. The van der Waals surface area contributed by atoms with Gasteiger partial charge in [0.25, 0.3) is 0 Å². The number of aliphatic imine (C=N–C) groups is 1. The molecule has 1 aliphatic rings. The Kier molecular flexibility index (Phi) is 28.3. The van der Waals surface area contributed by atoms with Gasteiger partial charge in [-0.2, -0.15) is 0 Å². The molecule has 0 aromatic heterocycles. The third kappa shape index (κ3) is 27.2. The van der Waals surface area contributed by atoms with Crippen LogP contribution in [0, 0.1) is 35.5 Å². The van der Waals surface area contributed by atoms with E-state index in [0.717, 1.165) is 115 Å². The number of ether oxygens (including phenoxy) is 3. The van der Waals surface area contributed by atoms with Gasteiger partial charge in [0, 0.05) is 25.8 Å². The highest BCUT2D eigenvalue weighted by atomic mass is 16.5. The zero-order valence-electron chi connectivity index (χ0n) is 36.3. The van der Waals surface area contributed by atoms with Gasteiger partial charge in [0.05, 0.1) is 31.8 Å². The zero-order valence-corrected chi connectivity index (χ0v) is 36.3. The Morgan fingerprint density at radius 1 is 0.593 bits per heavy atom. The molecule has 8 nitrogen and oxygen atoms in total. The molecule has 8 heteroatoms. The lowest BCUT2D eigenvalue weighted by Crippen LogP contribution is -2.23. The van der Waals surface area contributed by atoms with Crippen LogP contribution in [0.1, 0.15) is 190 Å². The number of esters is 3. The second-order valence-corrected chi connectivity index (χ2v) is 17.8. The second kappa shape index (κ2) is 30.8. The Bertz CT molecular complexity index is 1040. The van der Waals surface area contributed by atoms with Gasteiger partial charge < -0.3 is 19.1 Å². The van der Waals surface area contributed by atoms with Crippen LogP contribution in [0.5, 0.6) is 0 Å². The molecule has 0 fully saturated rings. The van der Waals surface area contributed by atoms with Gasteiger partial charge in [-0.25, -0.2) is 4.99 Å². The maximum Gasteiger partial charge on any atom is 0.306 e. The number of unbranched alkanes of at least 4 members (excludes halogenated alkanes) is 8. The SMILES string of the molecule is C=C1CN(CCCC(=O)OC(CCCCCCCC(=O)OCC(CCCC(C)C)C(C)C)CCCCCCCC(=O)OCC(CCC(C)C)C(C)C)C=N1. The second-order valence-electron chi connectivity index (χ2n) is 17.8. The summed E-state index contributed by atoms with van der Waals surface area (Å²) in [5.41, 5.74) is 0.854. The number of hydrogen-bond donors (Lipinski definition) is 0. The molecule has 0 aliphatic carbocycles. The fourth-order valence-electron chi connectivity index (χ4n) is 6.99. The van der Waals surface area contributed by atoms with Crippen molar-refractivity contribution in [2.24, 2.45) is 40.5 Å². The van der Waals surface area contributed by atoms with Crippen molar-refractivity contribution in [1.29, 1.82) is 0 Å². The molecule has 54 heavy (non-hydrogen) atoms. The van der Waals surface area contributed by atoms with Crippen molar-refractivity contribution >= 4 is 24.2 Å². The van der Waals surface area contributed by atoms with E-state index >= 15 is 0 Å². The summed E-state index contributed by atoms with van der Waals surface area (Å²) in [5, 5.41) is 0. The molecule has 1 aliphatic heterocycles. The van der Waals surface area contributed by atoms with Crippen LogP contribution in [-0.2, 0) is 28.6 Å². The van der Waals surface area contributed by atoms with E-state index in [1.165, 1.54) is 19.3 Å². The van der Waals surface area contributed by atoms with Crippen molar-refractivity contribution in [1.82, 2.24) is 4.90 Å². The van der Waals surface area contributed by atoms with E-state index < -0.39 is 0 Å². The highest BCUT2D eigenvalue weighted by Crippen LogP contribution is 2.23. The van der Waals surface area contributed by atoms with E-state index in [9.17, 15) is 14.4 Å². The summed E-state index contributed by atoms with van der Waals surface area (Å²) in [7, 11) is 0. The maximum absolute atomic E-state index is 12.8. The van der Waals surface area contributed by atoms with Crippen molar-refractivity contribution < 1.29 is 28.6 Å². The molecule has 0 spiro atoms. The topological polar surface area (TPSA) is 94.5 Å². The minimum atomic E-state index is -0.115. The van der Waals surface area contributed by atoms with Crippen molar-refractivity contribution in [2.45, 2.75) is 196 Å². The van der Waals surface area contributed by atoms with Crippen LogP contribution in [-0.4, -0.2) is 61.6 Å². The third-order valence-corrected chi connectivity index (χ3v) is 11.0. The minimum Gasteiger partial charge on any atom is -0.465 e. The monoisotopic (exact) mass is 761 g/mol. The molecule has 0 saturated heterocycles. The molecular weight excluding hydrogens is 677 g/mol. The van der Waals surface area contributed by atoms with Gasteiger partial charge in [-0.3, -0.25) is 14.4 Å². The Morgan fingerprint density at radius 3 is 1.56 bits per heavy atom. The summed E-state index contributed by atoms with van der Waals surface area (Å²) in [5.74, 6) is 3.06. The van der Waals surface area contributed by atoms with Crippen LogP contribution in [0.25, 0.3) is 0 Å². The normalized spacial score (nSPS) is 14.7. The summed E-state index contributed by atoms with van der Waals surface area (Å²) in [4.78, 5) is 43.9. The van der Waals surface area contributed by atoms with Crippen LogP contribution in [0.4, 0.5) is 0 Å². The van der Waals surface area contributed by atoms with Gasteiger partial charge in [0.15, 0.2) is 0 Å². The van der Waals surface area contributed by atoms with Gasteiger partial charge in [-0.1, -0.05) is 120 Å². The van der Waals surface area contributed by atoms with Crippen LogP contribution in [0.2, 0.25) is 0 Å². The van der Waals surface area contributed by atoms with Crippen molar-refractivity contribution in [3.05, 3.63) is 12.3 Å². The molecule has 0 bridgehead atoms. The summed E-state index contributed by atoms with van der Waals surface area (Å²) in [6.45, 7) is 24.4. The fourth-order valence-corrected chi connectivity index (χ4v) is 6.99. The Morgan fingerprint density at radius 2 is 1.07 bits per heavy atom. The van der Waals surface area contributed by atoms with E-state index in [1.54, 1.807) is 6.34 Å². The Labute approximate surface area is 332 Å². The van der Waals surface area contributed by atoms with Gasteiger partial charge in [-0.15, -0.1) is 0 Å². The summed E-state index contributed by atoms with van der Waals surface area (Å²) >= 11 is 0. The molecule has 0 aromatic rings. The molecule has 0 amide bonds. The maximum atomic E-state index is 12.8. The van der Waals surface area contributed by atoms with Gasteiger partial charge in [0.2, 0.25) is 0 Å². The lowest BCUT2D eigenvalue weighted by Gasteiger charge is -2.21. The van der Waals surface area contributed by atoms with Crippen molar-refractivity contribution in [3.63, 3.8) is 0 Å². The fraction of sp³-hybridized carbons (Fsp3) is 0.870. The predicted octanol–water partition coefficient (Wildman–Crippen LogP) is 11.9. The predicted molar refractivity (Wildman–Crippen MR) is 224 cm³/mol. The van der Waals surface area contributed by atoms with E-state index in [-0.39, 0.29) is 24.0 Å². The van der Waals surface area contributed by atoms with Crippen LogP contribution in [0.15, 0.2) is 17.3 Å². The van der Waals surface area contributed by atoms with E-state index in [1.807, 2.05) is 0 Å². The molecule has 1 heterocycles. The minimum absolute atomic E-state index is 0.0605. The Balaban J connectivity index is 2.35. The third-order valence-electron chi connectivity index (χ3n) is 11.0. The molecule has 0 aromatic carbocycles. The van der Waals surface area contributed by atoms with E-state index in [0.29, 0.717) is 68.0 Å². The first kappa shape index (κ1) is 49.6. The molecule has 0 saturated carbocycles. The van der Waals surface area contributed by atoms with E-state index in [4.69, 9.17) is 14.2 Å². The number of hydrogen-bond acceptors (Lipinski definition) is 8. The first-order chi connectivity index (χ1) is 25.8.